The molecule has 0 aliphatic heterocycles. The van der Waals surface area contributed by atoms with Crippen LogP contribution in [0, 0.1) is 0 Å². The molecule has 1 aromatic carbocycles. The van der Waals surface area contributed by atoms with E-state index in [1.54, 1.807) is 24.3 Å². The molecule has 0 spiro atoms. The van der Waals surface area contributed by atoms with Gasteiger partial charge >= 0.3 is 11.7 Å². The van der Waals surface area contributed by atoms with Gasteiger partial charge in [-0.1, -0.05) is 56.8 Å². The first-order valence-electron chi connectivity index (χ1n) is 11.3. The lowest BCUT2D eigenvalue weighted by Crippen LogP contribution is -2.43. The van der Waals surface area contributed by atoms with Gasteiger partial charge in [-0.3, -0.25) is 19.1 Å². The van der Waals surface area contributed by atoms with Crippen molar-refractivity contribution >= 4 is 41.1 Å². The summed E-state index contributed by atoms with van der Waals surface area (Å²) in [6, 6.07) is 6.89. The molecule has 1 heterocycles. The standard InChI is InChI=1S/C24H31ClN4O5/c1-3-5-7-14-28(21-22(26)29(13-6-4-2)24(33)27-23(21)32)19(30)16-34-20(31)12-11-17-9-8-10-18(25)15-17/h8-12,15H,3-7,13-14,16,26H2,1-2H3,(H,27,32,33)/b12-11+. The van der Waals surface area contributed by atoms with Crippen LogP contribution in [0.5, 0.6) is 0 Å². The maximum Gasteiger partial charge on any atom is 0.331 e. The van der Waals surface area contributed by atoms with Crippen LogP contribution in [0.2, 0.25) is 5.02 Å². The van der Waals surface area contributed by atoms with Crippen molar-refractivity contribution in [1.29, 1.82) is 0 Å². The highest BCUT2D eigenvalue weighted by molar-refractivity contribution is 6.30. The second kappa shape index (κ2) is 13.4. The fraction of sp³-hybridized carbons (Fsp3) is 0.417. The molecule has 0 aliphatic carbocycles. The number of nitrogens with two attached hydrogens (primary N) is 1. The smallest absolute Gasteiger partial charge is 0.331 e. The third-order valence-corrected chi connectivity index (χ3v) is 5.34. The molecular formula is C24H31ClN4O5. The second-order valence-electron chi connectivity index (χ2n) is 7.75. The highest BCUT2D eigenvalue weighted by atomic mass is 35.5. The summed E-state index contributed by atoms with van der Waals surface area (Å²) in [6.07, 6.45) is 6.52. The molecule has 0 saturated carbocycles. The molecule has 0 atom stereocenters. The van der Waals surface area contributed by atoms with Crippen molar-refractivity contribution < 1.29 is 14.3 Å². The van der Waals surface area contributed by atoms with E-state index in [-0.39, 0.29) is 18.1 Å². The minimum atomic E-state index is -0.757. The van der Waals surface area contributed by atoms with Gasteiger partial charge in [-0.05, 0) is 36.6 Å². The van der Waals surface area contributed by atoms with Crippen molar-refractivity contribution in [2.45, 2.75) is 52.5 Å². The summed E-state index contributed by atoms with van der Waals surface area (Å²) < 4.78 is 6.34. The van der Waals surface area contributed by atoms with E-state index >= 15 is 0 Å². The average Bonchev–Trinajstić information content (AvgIpc) is 2.80. The van der Waals surface area contributed by atoms with E-state index in [0.29, 0.717) is 30.0 Å². The molecule has 0 unspecified atom stereocenters. The lowest BCUT2D eigenvalue weighted by Gasteiger charge is -2.24. The molecule has 0 fully saturated rings. The molecule has 0 radical (unpaired) electrons. The van der Waals surface area contributed by atoms with Crippen LogP contribution in [-0.4, -0.2) is 34.6 Å². The maximum atomic E-state index is 13.0. The molecule has 184 valence electrons. The van der Waals surface area contributed by atoms with Gasteiger partial charge in [0.25, 0.3) is 11.5 Å². The molecule has 1 amide bonds. The number of ether oxygens (including phenoxy) is 1. The lowest BCUT2D eigenvalue weighted by molar-refractivity contribution is -0.142. The quantitative estimate of drug-likeness (QED) is 0.267. The molecule has 1 aromatic heterocycles. The third kappa shape index (κ3) is 7.62. The van der Waals surface area contributed by atoms with Gasteiger partial charge in [0.05, 0.1) is 0 Å². The summed E-state index contributed by atoms with van der Waals surface area (Å²) in [5.41, 5.74) is 5.38. The average molecular weight is 491 g/mol. The summed E-state index contributed by atoms with van der Waals surface area (Å²) in [4.78, 5) is 53.4. The van der Waals surface area contributed by atoms with Crippen LogP contribution in [0.1, 0.15) is 51.5 Å². The van der Waals surface area contributed by atoms with Crippen molar-refractivity contribution in [2.75, 3.05) is 23.8 Å². The summed E-state index contributed by atoms with van der Waals surface area (Å²) in [6.45, 7) is 3.89. The number of hydrogen-bond donors (Lipinski definition) is 2. The minimum Gasteiger partial charge on any atom is -0.452 e. The van der Waals surface area contributed by atoms with Crippen LogP contribution >= 0.6 is 11.6 Å². The van der Waals surface area contributed by atoms with E-state index in [4.69, 9.17) is 22.1 Å². The zero-order valence-electron chi connectivity index (χ0n) is 19.5. The zero-order chi connectivity index (χ0) is 25.1. The number of aromatic amines is 1. The number of nitrogens with one attached hydrogen (secondary N) is 1. The highest BCUT2D eigenvalue weighted by Crippen LogP contribution is 2.19. The van der Waals surface area contributed by atoms with Crippen molar-refractivity contribution in [2.24, 2.45) is 0 Å². The number of benzene rings is 1. The Morgan fingerprint density at radius 1 is 1.18 bits per heavy atom. The van der Waals surface area contributed by atoms with Crippen LogP contribution in [0.25, 0.3) is 6.08 Å². The molecule has 0 bridgehead atoms. The molecule has 0 aliphatic rings. The Hall–Kier alpha value is -3.33. The SMILES string of the molecule is CCCCCN(C(=O)COC(=O)/C=C/c1cccc(Cl)c1)c1c(N)n(CCCC)c(=O)[nH]c1=O. The van der Waals surface area contributed by atoms with E-state index in [0.717, 1.165) is 19.3 Å². The zero-order valence-corrected chi connectivity index (χ0v) is 20.3. The monoisotopic (exact) mass is 490 g/mol. The van der Waals surface area contributed by atoms with Crippen molar-refractivity contribution in [3.8, 4) is 0 Å². The summed E-state index contributed by atoms with van der Waals surface area (Å²) in [5, 5.41) is 0.525. The summed E-state index contributed by atoms with van der Waals surface area (Å²) in [5.74, 6) is -1.42. The Labute approximate surface area is 203 Å². The van der Waals surface area contributed by atoms with E-state index in [2.05, 4.69) is 4.98 Å². The molecule has 2 rings (SSSR count). The lowest BCUT2D eigenvalue weighted by atomic mass is 10.2. The highest BCUT2D eigenvalue weighted by Gasteiger charge is 2.24. The molecule has 3 N–H and O–H groups in total. The van der Waals surface area contributed by atoms with Crippen LogP contribution in [0.15, 0.2) is 39.9 Å². The number of carbonyl (C=O) groups excluding carboxylic acids is 2. The van der Waals surface area contributed by atoms with Gasteiger partial charge in [0.15, 0.2) is 12.3 Å². The molecule has 2 aromatic rings. The summed E-state index contributed by atoms with van der Waals surface area (Å²) >= 11 is 5.92. The largest absolute Gasteiger partial charge is 0.452 e. The number of unbranched alkanes of at least 4 members (excludes halogenated alkanes) is 3. The predicted molar refractivity (Wildman–Crippen MR) is 134 cm³/mol. The van der Waals surface area contributed by atoms with Gasteiger partial charge in [0.2, 0.25) is 0 Å². The fourth-order valence-electron chi connectivity index (χ4n) is 3.29. The number of rotatable bonds is 12. The number of anilines is 2. The molecular weight excluding hydrogens is 460 g/mol. The number of nitrogen functional groups attached to an aromatic ring is 1. The number of hydrogen-bond acceptors (Lipinski definition) is 6. The van der Waals surface area contributed by atoms with Gasteiger partial charge < -0.3 is 15.4 Å². The Kier molecular flexibility index (Phi) is 10.6. The molecule has 34 heavy (non-hydrogen) atoms. The number of carbonyl (C=O) groups is 2. The van der Waals surface area contributed by atoms with E-state index in [9.17, 15) is 19.2 Å². The number of halogens is 1. The van der Waals surface area contributed by atoms with Gasteiger partial charge in [-0.15, -0.1) is 0 Å². The molecule has 10 heteroatoms. The number of nitrogens with zero attached hydrogens (tertiary/aromatic N) is 2. The van der Waals surface area contributed by atoms with Gasteiger partial charge in [-0.25, -0.2) is 9.59 Å². The first-order valence-corrected chi connectivity index (χ1v) is 11.7. The Bertz CT molecular complexity index is 1140. The van der Waals surface area contributed by atoms with Gasteiger partial charge in [0.1, 0.15) is 5.82 Å². The van der Waals surface area contributed by atoms with Gasteiger partial charge in [0, 0.05) is 24.2 Å². The Balaban J connectivity index is 2.22. The van der Waals surface area contributed by atoms with Crippen molar-refractivity contribution in [3.63, 3.8) is 0 Å². The van der Waals surface area contributed by atoms with Gasteiger partial charge in [-0.2, -0.15) is 0 Å². The number of H-pyrrole nitrogens is 1. The van der Waals surface area contributed by atoms with Crippen LogP contribution < -0.4 is 21.9 Å². The fourth-order valence-corrected chi connectivity index (χ4v) is 3.49. The van der Waals surface area contributed by atoms with Crippen LogP contribution in [0.3, 0.4) is 0 Å². The topological polar surface area (TPSA) is 127 Å². The molecule has 9 nitrogen and oxygen atoms in total. The number of esters is 1. The molecule has 0 saturated heterocycles. The second-order valence-corrected chi connectivity index (χ2v) is 8.18. The van der Waals surface area contributed by atoms with E-state index in [1.807, 2.05) is 13.8 Å². The first-order chi connectivity index (χ1) is 16.3. The van der Waals surface area contributed by atoms with Crippen LogP contribution in [0.4, 0.5) is 11.5 Å². The first kappa shape index (κ1) is 26.9. The summed E-state index contributed by atoms with van der Waals surface area (Å²) in [7, 11) is 0. The van der Waals surface area contributed by atoms with Crippen molar-refractivity contribution in [1.82, 2.24) is 9.55 Å². The normalized spacial score (nSPS) is 11.0. The third-order valence-electron chi connectivity index (χ3n) is 5.10. The predicted octanol–water partition coefficient (Wildman–Crippen LogP) is 3.35. The van der Waals surface area contributed by atoms with E-state index in [1.165, 1.54) is 21.6 Å². The number of aromatic nitrogens is 2. The minimum absolute atomic E-state index is 0.0840. The maximum absolute atomic E-state index is 13.0. The number of amides is 1. The van der Waals surface area contributed by atoms with Crippen molar-refractivity contribution in [3.05, 3.63) is 61.8 Å². The Morgan fingerprint density at radius 3 is 2.59 bits per heavy atom. The van der Waals surface area contributed by atoms with Crippen LogP contribution in [-0.2, 0) is 20.9 Å². The van der Waals surface area contributed by atoms with E-state index < -0.39 is 29.7 Å². The Morgan fingerprint density at radius 2 is 1.91 bits per heavy atom.